The molecule has 0 amide bonds. The molecule has 3 nitrogen and oxygen atoms in total. The van der Waals surface area contributed by atoms with Crippen LogP contribution < -0.4 is 15.0 Å². The first kappa shape index (κ1) is 14.2. The van der Waals surface area contributed by atoms with Crippen molar-refractivity contribution in [2.75, 3.05) is 31.1 Å². The minimum Gasteiger partial charge on any atom is -0.405 e. The van der Waals surface area contributed by atoms with Crippen LogP contribution in [0.3, 0.4) is 0 Å². The fourth-order valence-electron chi connectivity index (χ4n) is 3.13. The fourth-order valence-corrected chi connectivity index (χ4v) is 3.13. The molecule has 1 aromatic carbocycles. The van der Waals surface area contributed by atoms with Gasteiger partial charge in [-0.3, -0.25) is 0 Å². The highest BCUT2D eigenvalue weighted by Gasteiger charge is 2.13. The lowest BCUT2D eigenvalue weighted by Crippen LogP contribution is -2.34. The summed E-state index contributed by atoms with van der Waals surface area (Å²) < 4.78 is 8.55. The Morgan fingerprint density at radius 2 is 1.71 bits per heavy atom. The van der Waals surface area contributed by atoms with Crippen LogP contribution in [0.15, 0.2) is 34.7 Å². The van der Waals surface area contributed by atoms with Gasteiger partial charge in [0.05, 0.1) is 6.07 Å². The SMILES string of the molecule is CCN(CC)c1ccc2ccc(=[N+]3CCCCC3)oc2c1. The zero-order valence-electron chi connectivity index (χ0n) is 13.1. The zero-order chi connectivity index (χ0) is 14.7. The van der Waals surface area contributed by atoms with Crippen molar-refractivity contribution in [3.05, 3.63) is 35.9 Å². The van der Waals surface area contributed by atoms with Crippen LogP contribution in [0.4, 0.5) is 5.69 Å². The number of rotatable bonds is 3. The summed E-state index contributed by atoms with van der Waals surface area (Å²) in [6.45, 7) is 8.65. The van der Waals surface area contributed by atoms with Crippen LogP contribution in [0.5, 0.6) is 0 Å². The van der Waals surface area contributed by atoms with Gasteiger partial charge in [-0.15, -0.1) is 0 Å². The Labute approximate surface area is 126 Å². The van der Waals surface area contributed by atoms with E-state index in [-0.39, 0.29) is 0 Å². The number of piperidine rings is 1. The molecular formula is C18H25N2O+. The van der Waals surface area contributed by atoms with Gasteiger partial charge in [0.2, 0.25) is 0 Å². The molecule has 112 valence electrons. The lowest BCUT2D eigenvalue weighted by molar-refractivity contribution is 0.387. The molecule has 2 aromatic rings. The molecule has 1 aliphatic rings. The van der Waals surface area contributed by atoms with Crippen molar-refractivity contribution in [3.63, 3.8) is 0 Å². The van der Waals surface area contributed by atoms with Gasteiger partial charge in [0.15, 0.2) is 0 Å². The summed E-state index contributed by atoms with van der Waals surface area (Å²) in [5, 5.41) is 1.17. The highest BCUT2D eigenvalue weighted by Crippen LogP contribution is 2.20. The van der Waals surface area contributed by atoms with E-state index in [1.807, 2.05) is 0 Å². The Hall–Kier alpha value is -1.77. The van der Waals surface area contributed by atoms with Crippen molar-refractivity contribution in [2.45, 2.75) is 33.1 Å². The lowest BCUT2D eigenvalue weighted by Gasteiger charge is -2.20. The zero-order valence-corrected chi connectivity index (χ0v) is 13.1. The quantitative estimate of drug-likeness (QED) is 0.807. The normalized spacial score (nSPS) is 15.4. The Morgan fingerprint density at radius 1 is 1.00 bits per heavy atom. The van der Waals surface area contributed by atoms with Gasteiger partial charge in [-0.05, 0) is 38.5 Å². The van der Waals surface area contributed by atoms with E-state index in [1.165, 1.54) is 30.3 Å². The predicted octanol–water partition coefficient (Wildman–Crippen LogP) is 3.24. The maximum Gasteiger partial charge on any atom is 0.367 e. The van der Waals surface area contributed by atoms with Crippen LogP contribution in [0, 0.1) is 0 Å². The second-order valence-electron chi connectivity index (χ2n) is 5.72. The molecule has 21 heavy (non-hydrogen) atoms. The van der Waals surface area contributed by atoms with Gasteiger partial charge in [-0.2, -0.15) is 4.58 Å². The summed E-state index contributed by atoms with van der Waals surface area (Å²) in [5.74, 6) is 0. The Morgan fingerprint density at radius 3 is 2.43 bits per heavy atom. The minimum absolute atomic E-state index is 0.988. The highest BCUT2D eigenvalue weighted by atomic mass is 16.3. The number of benzene rings is 1. The first-order valence-corrected chi connectivity index (χ1v) is 8.18. The molecule has 0 saturated carbocycles. The van der Waals surface area contributed by atoms with Crippen molar-refractivity contribution in [1.82, 2.24) is 4.58 Å². The maximum atomic E-state index is 6.18. The van der Waals surface area contributed by atoms with Gasteiger partial charge in [-0.25, -0.2) is 0 Å². The van der Waals surface area contributed by atoms with Crippen molar-refractivity contribution >= 4 is 16.7 Å². The van der Waals surface area contributed by atoms with Crippen LogP contribution in [-0.2, 0) is 0 Å². The molecule has 1 fully saturated rings. The molecule has 0 N–H and O–H groups in total. The van der Waals surface area contributed by atoms with Crippen molar-refractivity contribution < 1.29 is 4.42 Å². The van der Waals surface area contributed by atoms with Gasteiger partial charge in [0.25, 0.3) is 0 Å². The molecule has 2 heterocycles. The lowest BCUT2D eigenvalue weighted by atomic mass is 10.1. The average molecular weight is 285 g/mol. The minimum atomic E-state index is 0.988. The molecule has 1 saturated heterocycles. The van der Waals surface area contributed by atoms with E-state index < -0.39 is 0 Å². The van der Waals surface area contributed by atoms with Crippen molar-refractivity contribution in [1.29, 1.82) is 0 Å². The van der Waals surface area contributed by atoms with Crippen LogP contribution >= 0.6 is 0 Å². The number of nitrogens with zero attached hydrogens (tertiary/aromatic N) is 2. The summed E-state index contributed by atoms with van der Waals surface area (Å²) in [7, 11) is 0. The number of hydrogen-bond acceptors (Lipinski definition) is 2. The molecule has 0 unspecified atom stereocenters. The molecule has 0 aliphatic carbocycles. The standard InChI is InChI=1S/C18H25N2O/c1-3-19(4-2)16-10-8-15-9-11-18(21-17(15)14-16)20-12-6-5-7-13-20/h8-11,14H,3-7,12-13H2,1-2H3/q+1. The molecule has 0 bridgehead atoms. The summed E-state index contributed by atoms with van der Waals surface area (Å²) in [6, 6.07) is 10.8. The fraction of sp³-hybridized carbons (Fsp3) is 0.500. The number of anilines is 1. The number of hydrogen-bond donors (Lipinski definition) is 0. The Kier molecular flexibility index (Phi) is 4.28. The van der Waals surface area contributed by atoms with Crippen LogP contribution in [0.1, 0.15) is 33.1 Å². The third-order valence-electron chi connectivity index (χ3n) is 4.41. The summed E-state index contributed by atoms with van der Waals surface area (Å²) in [6.07, 6.45) is 3.89. The second kappa shape index (κ2) is 6.33. The smallest absolute Gasteiger partial charge is 0.367 e. The van der Waals surface area contributed by atoms with Gasteiger partial charge < -0.3 is 9.32 Å². The average Bonchev–Trinajstić information content (AvgIpc) is 2.56. The largest absolute Gasteiger partial charge is 0.405 e. The topological polar surface area (TPSA) is 19.4 Å². The maximum absolute atomic E-state index is 6.18. The van der Waals surface area contributed by atoms with E-state index >= 15 is 0 Å². The second-order valence-corrected chi connectivity index (χ2v) is 5.72. The first-order chi connectivity index (χ1) is 10.3. The van der Waals surface area contributed by atoms with Crippen LogP contribution in [0.2, 0.25) is 0 Å². The molecule has 3 heteroatoms. The monoisotopic (exact) mass is 285 g/mol. The molecule has 3 rings (SSSR count). The van der Waals surface area contributed by atoms with E-state index in [2.05, 4.69) is 53.7 Å². The van der Waals surface area contributed by atoms with Crippen molar-refractivity contribution in [3.8, 4) is 0 Å². The van der Waals surface area contributed by atoms with E-state index in [4.69, 9.17) is 4.42 Å². The van der Waals surface area contributed by atoms with Gasteiger partial charge in [-0.1, -0.05) is 0 Å². The molecular weight excluding hydrogens is 260 g/mol. The third kappa shape index (κ3) is 2.97. The van der Waals surface area contributed by atoms with Crippen molar-refractivity contribution in [2.24, 2.45) is 0 Å². The summed E-state index contributed by atoms with van der Waals surface area (Å²) in [4.78, 5) is 2.35. The third-order valence-corrected chi connectivity index (χ3v) is 4.41. The summed E-state index contributed by atoms with van der Waals surface area (Å²) >= 11 is 0. The molecule has 1 aromatic heterocycles. The van der Waals surface area contributed by atoms with Crippen LogP contribution in [-0.4, -0.2) is 26.2 Å². The predicted molar refractivity (Wildman–Crippen MR) is 88.6 cm³/mol. The van der Waals surface area contributed by atoms with Gasteiger partial charge in [0, 0.05) is 43.1 Å². The highest BCUT2D eigenvalue weighted by molar-refractivity contribution is 5.80. The van der Waals surface area contributed by atoms with E-state index in [1.54, 1.807) is 0 Å². The van der Waals surface area contributed by atoms with Gasteiger partial charge in [0.1, 0.15) is 18.7 Å². The van der Waals surface area contributed by atoms with Crippen LogP contribution in [0.25, 0.3) is 11.0 Å². The molecule has 1 aliphatic heterocycles. The van der Waals surface area contributed by atoms with E-state index in [0.29, 0.717) is 0 Å². The summed E-state index contributed by atoms with van der Waals surface area (Å²) in [5.41, 5.74) is 3.24. The molecule has 0 spiro atoms. The molecule has 0 radical (unpaired) electrons. The number of fused-ring (bicyclic) bond motifs is 1. The molecule has 0 atom stereocenters. The van der Waals surface area contributed by atoms with E-state index in [9.17, 15) is 0 Å². The Balaban J connectivity index is 2.06. The van der Waals surface area contributed by atoms with E-state index in [0.717, 1.165) is 37.3 Å². The first-order valence-electron chi connectivity index (χ1n) is 8.18. The van der Waals surface area contributed by atoms with Gasteiger partial charge >= 0.3 is 5.55 Å². The Bertz CT molecular complexity index is 675.